The fourth-order valence-corrected chi connectivity index (χ4v) is 2.29. The molecular weight excluding hydrogens is 262 g/mol. The first-order valence-corrected chi connectivity index (χ1v) is 6.97. The van der Waals surface area contributed by atoms with Gasteiger partial charge in [-0.15, -0.1) is 0 Å². The summed E-state index contributed by atoms with van der Waals surface area (Å²) >= 11 is 3.48. The van der Waals surface area contributed by atoms with Gasteiger partial charge < -0.3 is 0 Å². The lowest BCUT2D eigenvalue weighted by atomic mass is 10.1. The molecule has 1 nitrogen and oxygen atoms in total. The smallest absolute Gasteiger partial charge is 0.0319 e. The van der Waals surface area contributed by atoms with Crippen molar-refractivity contribution < 1.29 is 0 Å². The average molecular weight is 284 g/mol. The largest absolute Gasteiger partial charge is 0.297 e. The van der Waals surface area contributed by atoms with E-state index in [1.807, 2.05) is 0 Å². The van der Waals surface area contributed by atoms with Crippen LogP contribution in [0.15, 0.2) is 28.7 Å². The molecular formula is C14H22BrN. The van der Waals surface area contributed by atoms with Gasteiger partial charge in [-0.25, -0.2) is 0 Å². The molecule has 90 valence electrons. The highest BCUT2D eigenvalue weighted by Crippen LogP contribution is 2.22. The van der Waals surface area contributed by atoms with E-state index in [1.54, 1.807) is 0 Å². The van der Waals surface area contributed by atoms with E-state index in [1.165, 1.54) is 31.5 Å². The molecule has 0 fully saturated rings. The Kier molecular flexibility index (Phi) is 6.07. The summed E-state index contributed by atoms with van der Waals surface area (Å²) in [6, 6.07) is 9.21. The summed E-state index contributed by atoms with van der Waals surface area (Å²) in [5, 5.41) is 0. The molecule has 0 heterocycles. The Labute approximate surface area is 108 Å². The Morgan fingerprint density at radius 3 is 2.00 bits per heavy atom. The van der Waals surface area contributed by atoms with E-state index in [4.69, 9.17) is 0 Å². The van der Waals surface area contributed by atoms with Crippen LogP contribution in [0.1, 0.15) is 45.2 Å². The molecule has 0 aliphatic rings. The first-order valence-electron chi connectivity index (χ1n) is 6.18. The van der Waals surface area contributed by atoms with Gasteiger partial charge in [-0.2, -0.15) is 0 Å². The van der Waals surface area contributed by atoms with Crippen molar-refractivity contribution in [2.45, 2.75) is 39.7 Å². The quantitative estimate of drug-likeness (QED) is 0.736. The van der Waals surface area contributed by atoms with Crippen molar-refractivity contribution in [3.8, 4) is 0 Å². The maximum atomic E-state index is 3.48. The van der Waals surface area contributed by atoms with Crippen LogP contribution in [0.3, 0.4) is 0 Å². The van der Waals surface area contributed by atoms with Gasteiger partial charge in [-0.3, -0.25) is 4.90 Å². The van der Waals surface area contributed by atoms with Gasteiger partial charge in [0.25, 0.3) is 0 Å². The van der Waals surface area contributed by atoms with Crippen molar-refractivity contribution in [1.82, 2.24) is 4.90 Å². The van der Waals surface area contributed by atoms with Crippen LogP contribution in [-0.2, 0) is 0 Å². The minimum atomic E-state index is 0.521. The molecule has 0 aliphatic heterocycles. The van der Waals surface area contributed by atoms with Crippen LogP contribution in [0.5, 0.6) is 0 Å². The van der Waals surface area contributed by atoms with E-state index in [0.29, 0.717) is 6.04 Å². The highest BCUT2D eigenvalue weighted by molar-refractivity contribution is 9.10. The molecule has 2 heteroatoms. The van der Waals surface area contributed by atoms with Crippen molar-refractivity contribution in [1.29, 1.82) is 0 Å². The second-order valence-electron chi connectivity index (χ2n) is 4.26. The molecule has 1 aromatic rings. The lowest BCUT2D eigenvalue weighted by Crippen LogP contribution is -2.28. The van der Waals surface area contributed by atoms with Gasteiger partial charge >= 0.3 is 0 Å². The number of halogens is 1. The summed E-state index contributed by atoms with van der Waals surface area (Å²) in [7, 11) is 0. The monoisotopic (exact) mass is 283 g/mol. The Morgan fingerprint density at radius 2 is 1.56 bits per heavy atom. The van der Waals surface area contributed by atoms with Crippen LogP contribution >= 0.6 is 15.9 Å². The standard InChI is InChI=1S/C14H22BrN/c1-4-10-16(11-5-2)12(3)13-6-8-14(15)9-7-13/h6-9,12H,4-5,10-11H2,1-3H3/t12-/m0/s1. The predicted octanol–water partition coefficient (Wildman–Crippen LogP) is 4.63. The SMILES string of the molecule is CCCN(CCC)[C@@H](C)c1ccc(Br)cc1. The summed E-state index contributed by atoms with van der Waals surface area (Å²) < 4.78 is 1.15. The molecule has 16 heavy (non-hydrogen) atoms. The zero-order chi connectivity index (χ0) is 12.0. The van der Waals surface area contributed by atoms with Crippen molar-refractivity contribution in [2.75, 3.05) is 13.1 Å². The third-order valence-corrected chi connectivity index (χ3v) is 3.45. The molecule has 0 N–H and O–H groups in total. The number of rotatable bonds is 6. The van der Waals surface area contributed by atoms with Crippen molar-refractivity contribution in [2.24, 2.45) is 0 Å². The fraction of sp³-hybridized carbons (Fsp3) is 0.571. The van der Waals surface area contributed by atoms with E-state index in [2.05, 4.69) is 65.9 Å². The zero-order valence-electron chi connectivity index (χ0n) is 10.5. The number of hydrogen-bond donors (Lipinski definition) is 0. The third kappa shape index (κ3) is 3.91. The van der Waals surface area contributed by atoms with Crippen LogP contribution in [0, 0.1) is 0 Å². The maximum absolute atomic E-state index is 3.48. The Morgan fingerprint density at radius 1 is 1.06 bits per heavy atom. The zero-order valence-corrected chi connectivity index (χ0v) is 12.1. The summed E-state index contributed by atoms with van der Waals surface area (Å²) in [5.41, 5.74) is 1.41. The van der Waals surface area contributed by atoms with Crippen LogP contribution in [-0.4, -0.2) is 18.0 Å². The Bertz CT molecular complexity index is 288. The summed E-state index contributed by atoms with van der Waals surface area (Å²) in [6.45, 7) is 9.17. The molecule has 0 aliphatic carbocycles. The topological polar surface area (TPSA) is 3.24 Å². The fourth-order valence-electron chi connectivity index (χ4n) is 2.03. The van der Waals surface area contributed by atoms with Gasteiger partial charge in [0.1, 0.15) is 0 Å². The van der Waals surface area contributed by atoms with Gasteiger partial charge in [-0.05, 0) is 50.6 Å². The lowest BCUT2D eigenvalue weighted by molar-refractivity contribution is 0.211. The van der Waals surface area contributed by atoms with Crippen LogP contribution in [0.25, 0.3) is 0 Å². The molecule has 0 bridgehead atoms. The van der Waals surface area contributed by atoms with Crippen LogP contribution in [0.2, 0.25) is 0 Å². The summed E-state index contributed by atoms with van der Waals surface area (Å²) in [5.74, 6) is 0. The van der Waals surface area contributed by atoms with Crippen LogP contribution in [0.4, 0.5) is 0 Å². The summed E-state index contributed by atoms with van der Waals surface area (Å²) in [6.07, 6.45) is 2.45. The minimum absolute atomic E-state index is 0.521. The van der Waals surface area contributed by atoms with Gasteiger partial charge in [0, 0.05) is 10.5 Å². The minimum Gasteiger partial charge on any atom is -0.297 e. The van der Waals surface area contributed by atoms with Gasteiger partial charge in [0.2, 0.25) is 0 Å². The lowest BCUT2D eigenvalue weighted by Gasteiger charge is -2.28. The third-order valence-electron chi connectivity index (χ3n) is 2.92. The average Bonchev–Trinajstić information content (AvgIpc) is 2.29. The van der Waals surface area contributed by atoms with Crippen molar-refractivity contribution in [3.63, 3.8) is 0 Å². The molecule has 0 unspecified atom stereocenters. The normalized spacial score (nSPS) is 13.1. The molecule has 0 radical (unpaired) electrons. The predicted molar refractivity (Wildman–Crippen MR) is 74.7 cm³/mol. The van der Waals surface area contributed by atoms with Gasteiger partial charge in [0.15, 0.2) is 0 Å². The number of nitrogens with zero attached hydrogens (tertiary/aromatic N) is 1. The second kappa shape index (κ2) is 7.08. The van der Waals surface area contributed by atoms with Gasteiger partial charge in [0.05, 0.1) is 0 Å². The summed E-state index contributed by atoms with van der Waals surface area (Å²) in [4.78, 5) is 2.56. The van der Waals surface area contributed by atoms with Crippen molar-refractivity contribution >= 4 is 15.9 Å². The van der Waals surface area contributed by atoms with E-state index in [-0.39, 0.29) is 0 Å². The van der Waals surface area contributed by atoms with E-state index in [0.717, 1.165) is 4.47 Å². The van der Waals surface area contributed by atoms with E-state index >= 15 is 0 Å². The van der Waals surface area contributed by atoms with Crippen LogP contribution < -0.4 is 0 Å². The maximum Gasteiger partial charge on any atom is 0.0319 e. The molecule has 1 aromatic carbocycles. The second-order valence-corrected chi connectivity index (χ2v) is 5.18. The highest BCUT2D eigenvalue weighted by Gasteiger charge is 2.13. The van der Waals surface area contributed by atoms with Crippen molar-refractivity contribution in [3.05, 3.63) is 34.3 Å². The molecule has 0 aromatic heterocycles. The first-order chi connectivity index (χ1) is 7.69. The molecule has 1 rings (SSSR count). The highest BCUT2D eigenvalue weighted by atomic mass is 79.9. The Hall–Kier alpha value is -0.340. The van der Waals surface area contributed by atoms with E-state index < -0.39 is 0 Å². The molecule has 0 saturated carbocycles. The van der Waals surface area contributed by atoms with Gasteiger partial charge in [-0.1, -0.05) is 41.9 Å². The molecule has 0 amide bonds. The molecule has 0 saturated heterocycles. The number of benzene rings is 1. The van der Waals surface area contributed by atoms with E-state index in [9.17, 15) is 0 Å². The number of hydrogen-bond acceptors (Lipinski definition) is 1. The first kappa shape index (κ1) is 13.7. The Balaban J connectivity index is 2.72. The molecule has 0 spiro atoms. The molecule has 1 atom stereocenters.